The van der Waals surface area contributed by atoms with E-state index in [1.165, 1.54) is 13.8 Å². The second kappa shape index (κ2) is 6.15. The molecule has 0 spiro atoms. The summed E-state index contributed by atoms with van der Waals surface area (Å²) in [7, 11) is 0. The summed E-state index contributed by atoms with van der Waals surface area (Å²) in [5.74, 6) is -0.732. The molecule has 0 bridgehead atoms. The fraction of sp³-hybridized carbons (Fsp3) is 0.737. The summed E-state index contributed by atoms with van der Waals surface area (Å²) >= 11 is 0. The summed E-state index contributed by atoms with van der Waals surface area (Å²) in [6.07, 6.45) is 0.880. The van der Waals surface area contributed by atoms with Gasteiger partial charge in [-0.3, -0.25) is 9.59 Å². The van der Waals surface area contributed by atoms with Gasteiger partial charge in [0.05, 0.1) is 0 Å². The molecule has 6 heteroatoms. The van der Waals surface area contributed by atoms with Crippen LogP contribution in [0.15, 0.2) is 12.2 Å². The molecule has 2 aliphatic carbocycles. The second-order valence-corrected chi connectivity index (χ2v) is 8.02. The van der Waals surface area contributed by atoms with Gasteiger partial charge in [-0.25, -0.2) is 4.79 Å². The number of carbonyl (C=O) groups excluding carboxylic acids is 3. The molecule has 7 atom stereocenters. The monoisotopic (exact) mass is 350 g/mol. The Morgan fingerprint density at radius 2 is 1.84 bits per heavy atom. The maximum atomic E-state index is 11.9. The lowest BCUT2D eigenvalue weighted by atomic mass is 9.69. The maximum absolute atomic E-state index is 11.9. The van der Waals surface area contributed by atoms with Crippen molar-refractivity contribution in [1.29, 1.82) is 0 Å². The van der Waals surface area contributed by atoms with E-state index in [0.717, 1.165) is 6.42 Å². The van der Waals surface area contributed by atoms with Crippen LogP contribution in [-0.4, -0.2) is 36.2 Å². The van der Waals surface area contributed by atoms with Crippen molar-refractivity contribution in [2.24, 2.45) is 23.2 Å². The molecular formula is C19H26O6. The van der Waals surface area contributed by atoms with E-state index in [1.807, 2.05) is 0 Å². The number of hydrogen-bond acceptors (Lipinski definition) is 6. The highest BCUT2D eigenvalue weighted by Gasteiger charge is 2.61. The Bertz CT molecular complexity index is 625. The third-order valence-electron chi connectivity index (χ3n) is 6.30. The van der Waals surface area contributed by atoms with E-state index in [9.17, 15) is 14.4 Å². The van der Waals surface area contributed by atoms with Crippen LogP contribution in [0.1, 0.15) is 47.0 Å². The van der Waals surface area contributed by atoms with Gasteiger partial charge >= 0.3 is 17.9 Å². The molecule has 3 rings (SSSR count). The molecule has 0 radical (unpaired) electrons. The molecule has 3 aliphatic rings. The number of hydrogen-bond donors (Lipinski definition) is 0. The molecular weight excluding hydrogens is 324 g/mol. The van der Waals surface area contributed by atoms with Crippen LogP contribution in [0.2, 0.25) is 0 Å². The van der Waals surface area contributed by atoms with Gasteiger partial charge in [0.2, 0.25) is 0 Å². The van der Waals surface area contributed by atoms with Crippen molar-refractivity contribution in [1.82, 2.24) is 0 Å². The average Bonchev–Trinajstić information content (AvgIpc) is 2.85. The molecule has 1 aliphatic heterocycles. The van der Waals surface area contributed by atoms with Gasteiger partial charge in [-0.05, 0) is 31.1 Å². The van der Waals surface area contributed by atoms with Crippen LogP contribution in [0.4, 0.5) is 0 Å². The molecule has 0 N–H and O–H groups in total. The first-order valence-corrected chi connectivity index (χ1v) is 8.87. The summed E-state index contributed by atoms with van der Waals surface area (Å²) in [5, 5.41) is 0. The van der Waals surface area contributed by atoms with Crippen molar-refractivity contribution in [3.63, 3.8) is 0 Å². The molecule has 3 fully saturated rings. The minimum Gasteiger partial charge on any atom is -0.459 e. The molecule has 2 saturated carbocycles. The van der Waals surface area contributed by atoms with Crippen LogP contribution < -0.4 is 0 Å². The van der Waals surface area contributed by atoms with Gasteiger partial charge in [0.15, 0.2) is 0 Å². The van der Waals surface area contributed by atoms with Gasteiger partial charge < -0.3 is 14.2 Å². The van der Waals surface area contributed by atoms with Crippen molar-refractivity contribution in [3.05, 3.63) is 12.2 Å². The average molecular weight is 350 g/mol. The topological polar surface area (TPSA) is 78.9 Å². The standard InChI is InChI=1S/C19H26O6/c1-9-6-15-13(10(2)18(22)25-15)8-19(5)14(9)7-16(23-11(3)20)17(19)24-12(4)21/h9,13-17H,2,6-8H2,1,3-5H3. The molecule has 7 unspecified atom stereocenters. The van der Waals surface area contributed by atoms with Crippen LogP contribution in [0.5, 0.6) is 0 Å². The van der Waals surface area contributed by atoms with E-state index < -0.39 is 23.6 Å². The first-order chi connectivity index (χ1) is 11.6. The predicted molar refractivity (Wildman–Crippen MR) is 88.2 cm³/mol. The lowest BCUT2D eigenvalue weighted by molar-refractivity contribution is -0.170. The van der Waals surface area contributed by atoms with Crippen molar-refractivity contribution in [3.8, 4) is 0 Å². The Morgan fingerprint density at radius 3 is 2.44 bits per heavy atom. The fourth-order valence-electron chi connectivity index (χ4n) is 5.28. The minimum absolute atomic E-state index is 0.0842. The largest absolute Gasteiger partial charge is 0.459 e. The summed E-state index contributed by atoms with van der Waals surface area (Å²) in [4.78, 5) is 35.2. The molecule has 0 aromatic carbocycles. The van der Waals surface area contributed by atoms with Crippen molar-refractivity contribution in [2.45, 2.75) is 65.3 Å². The molecule has 25 heavy (non-hydrogen) atoms. The van der Waals surface area contributed by atoms with Crippen molar-refractivity contribution < 1.29 is 28.6 Å². The maximum Gasteiger partial charge on any atom is 0.334 e. The third kappa shape index (κ3) is 2.96. The van der Waals surface area contributed by atoms with E-state index in [-0.39, 0.29) is 35.8 Å². The lowest BCUT2D eigenvalue weighted by Crippen LogP contribution is -2.42. The summed E-state index contributed by atoms with van der Waals surface area (Å²) in [6, 6.07) is 0. The van der Waals surface area contributed by atoms with Gasteiger partial charge in [-0.1, -0.05) is 20.4 Å². The Balaban J connectivity index is 1.97. The predicted octanol–water partition coefficient (Wildman–Crippen LogP) is 2.40. The smallest absolute Gasteiger partial charge is 0.334 e. The first kappa shape index (κ1) is 18.0. The minimum atomic E-state index is -0.524. The van der Waals surface area contributed by atoms with E-state index in [1.54, 1.807) is 0 Å². The van der Waals surface area contributed by atoms with Crippen LogP contribution in [0, 0.1) is 23.2 Å². The van der Waals surface area contributed by atoms with Gasteiger partial charge in [0.1, 0.15) is 18.3 Å². The lowest BCUT2D eigenvalue weighted by Gasteiger charge is -2.38. The highest BCUT2D eigenvalue weighted by Crippen LogP contribution is 2.58. The van der Waals surface area contributed by atoms with Gasteiger partial charge in [0, 0.05) is 30.8 Å². The zero-order chi connectivity index (χ0) is 18.5. The van der Waals surface area contributed by atoms with Crippen LogP contribution in [0.3, 0.4) is 0 Å². The van der Waals surface area contributed by atoms with Crippen molar-refractivity contribution >= 4 is 17.9 Å². The van der Waals surface area contributed by atoms with E-state index in [4.69, 9.17) is 14.2 Å². The van der Waals surface area contributed by atoms with Gasteiger partial charge in [0.25, 0.3) is 0 Å². The Kier molecular flexibility index (Phi) is 4.41. The Morgan fingerprint density at radius 1 is 1.20 bits per heavy atom. The highest BCUT2D eigenvalue weighted by atomic mass is 16.6. The molecule has 1 saturated heterocycles. The Hall–Kier alpha value is -1.85. The zero-order valence-electron chi connectivity index (χ0n) is 15.2. The van der Waals surface area contributed by atoms with E-state index in [2.05, 4.69) is 20.4 Å². The summed E-state index contributed by atoms with van der Waals surface area (Å²) in [5.41, 5.74) is 0.0956. The number of carbonyl (C=O) groups is 3. The normalized spacial score (nSPS) is 42.9. The van der Waals surface area contributed by atoms with Crippen LogP contribution >= 0.6 is 0 Å². The number of rotatable bonds is 2. The number of ether oxygens (including phenoxy) is 3. The molecule has 0 amide bonds. The molecule has 0 aromatic rings. The van der Waals surface area contributed by atoms with Gasteiger partial charge in [-0.15, -0.1) is 0 Å². The van der Waals surface area contributed by atoms with Crippen LogP contribution in [0.25, 0.3) is 0 Å². The number of esters is 3. The van der Waals surface area contributed by atoms with Crippen molar-refractivity contribution in [2.75, 3.05) is 0 Å². The third-order valence-corrected chi connectivity index (χ3v) is 6.30. The van der Waals surface area contributed by atoms with E-state index in [0.29, 0.717) is 18.4 Å². The van der Waals surface area contributed by atoms with E-state index >= 15 is 0 Å². The second-order valence-electron chi connectivity index (χ2n) is 8.02. The summed E-state index contributed by atoms with van der Waals surface area (Å²) < 4.78 is 16.6. The first-order valence-electron chi connectivity index (χ1n) is 8.87. The molecule has 6 nitrogen and oxygen atoms in total. The molecule has 0 aromatic heterocycles. The zero-order valence-corrected chi connectivity index (χ0v) is 15.2. The van der Waals surface area contributed by atoms with Gasteiger partial charge in [-0.2, -0.15) is 0 Å². The molecule has 138 valence electrons. The SMILES string of the molecule is C=C1C(=O)OC2CC(C)C3CC(OC(C)=O)C(OC(C)=O)C3(C)CC12. The Labute approximate surface area is 147 Å². The highest BCUT2D eigenvalue weighted by molar-refractivity contribution is 5.90. The number of fused-ring (bicyclic) bond motifs is 2. The summed E-state index contributed by atoms with van der Waals surface area (Å²) in [6.45, 7) is 10.9. The molecule has 1 heterocycles. The fourth-order valence-corrected chi connectivity index (χ4v) is 5.28. The van der Waals surface area contributed by atoms with Crippen LogP contribution in [-0.2, 0) is 28.6 Å². The quantitative estimate of drug-likeness (QED) is 0.432.